The van der Waals surface area contributed by atoms with Crippen molar-refractivity contribution in [1.82, 2.24) is 4.90 Å². The van der Waals surface area contributed by atoms with Crippen LogP contribution in [0, 0.1) is 5.92 Å². The Bertz CT molecular complexity index is 283. The Hall–Kier alpha value is -0.610. The average Bonchev–Trinajstić information content (AvgIpc) is 2.31. The number of carbonyl (C=O) groups excluding carboxylic acids is 1. The third-order valence-corrected chi connectivity index (χ3v) is 3.95. The van der Waals surface area contributed by atoms with Crippen molar-refractivity contribution in [3.8, 4) is 0 Å². The standard InChI is InChI=1S/C13H24N2O2/c1-9-8-17-10(2)7-15(9)13(16)11-4-3-5-12(14)6-11/h9-12H,3-8,14H2,1-2H3/t9-,10+,11+,12+/m0/s1. The second-order valence-electron chi connectivity index (χ2n) is 5.61. The number of hydrogen-bond donors (Lipinski definition) is 1. The maximum Gasteiger partial charge on any atom is 0.226 e. The summed E-state index contributed by atoms with van der Waals surface area (Å²) in [4.78, 5) is 14.5. The number of morpholine rings is 1. The molecule has 2 fully saturated rings. The Balaban J connectivity index is 1.97. The highest BCUT2D eigenvalue weighted by Crippen LogP contribution is 2.26. The van der Waals surface area contributed by atoms with Gasteiger partial charge in [0.25, 0.3) is 0 Å². The summed E-state index contributed by atoms with van der Waals surface area (Å²) < 4.78 is 5.56. The molecule has 1 aliphatic carbocycles. The molecular weight excluding hydrogens is 216 g/mol. The lowest BCUT2D eigenvalue weighted by atomic mass is 9.85. The van der Waals surface area contributed by atoms with Gasteiger partial charge < -0.3 is 15.4 Å². The van der Waals surface area contributed by atoms with Crippen LogP contribution in [0.4, 0.5) is 0 Å². The summed E-state index contributed by atoms with van der Waals surface area (Å²) >= 11 is 0. The van der Waals surface area contributed by atoms with Crippen LogP contribution in [0.2, 0.25) is 0 Å². The van der Waals surface area contributed by atoms with Gasteiger partial charge in [0.05, 0.1) is 18.8 Å². The molecule has 0 aromatic heterocycles. The normalized spacial score (nSPS) is 39.1. The van der Waals surface area contributed by atoms with E-state index in [1.165, 1.54) is 0 Å². The monoisotopic (exact) mass is 240 g/mol. The first-order chi connectivity index (χ1) is 8.08. The van der Waals surface area contributed by atoms with Gasteiger partial charge in [0.1, 0.15) is 0 Å². The van der Waals surface area contributed by atoms with Gasteiger partial charge in [-0.15, -0.1) is 0 Å². The summed E-state index contributed by atoms with van der Waals surface area (Å²) in [7, 11) is 0. The molecule has 17 heavy (non-hydrogen) atoms. The summed E-state index contributed by atoms with van der Waals surface area (Å²) in [6.07, 6.45) is 4.18. The fourth-order valence-corrected chi connectivity index (χ4v) is 2.90. The van der Waals surface area contributed by atoms with Gasteiger partial charge in [-0.25, -0.2) is 0 Å². The second-order valence-corrected chi connectivity index (χ2v) is 5.61. The Morgan fingerprint density at radius 2 is 2.12 bits per heavy atom. The van der Waals surface area contributed by atoms with Gasteiger partial charge >= 0.3 is 0 Å². The fourth-order valence-electron chi connectivity index (χ4n) is 2.90. The topological polar surface area (TPSA) is 55.6 Å². The zero-order valence-corrected chi connectivity index (χ0v) is 10.9. The van der Waals surface area contributed by atoms with Crippen molar-refractivity contribution in [2.75, 3.05) is 13.2 Å². The molecule has 1 amide bonds. The average molecular weight is 240 g/mol. The van der Waals surface area contributed by atoms with Crippen LogP contribution in [0.15, 0.2) is 0 Å². The summed E-state index contributed by atoms with van der Waals surface area (Å²) in [6, 6.07) is 0.420. The maximum atomic E-state index is 12.5. The number of rotatable bonds is 1. The summed E-state index contributed by atoms with van der Waals surface area (Å²) in [5.41, 5.74) is 5.96. The highest BCUT2D eigenvalue weighted by atomic mass is 16.5. The molecule has 0 bridgehead atoms. The second kappa shape index (κ2) is 5.36. The van der Waals surface area contributed by atoms with Crippen LogP contribution < -0.4 is 5.73 Å². The van der Waals surface area contributed by atoms with Crippen LogP contribution in [0.3, 0.4) is 0 Å². The lowest BCUT2D eigenvalue weighted by Crippen LogP contribution is -2.53. The first-order valence-corrected chi connectivity index (χ1v) is 6.75. The first kappa shape index (κ1) is 12.8. The van der Waals surface area contributed by atoms with Crippen LogP contribution in [0.5, 0.6) is 0 Å². The number of amides is 1. The van der Waals surface area contributed by atoms with E-state index in [2.05, 4.69) is 6.92 Å². The van der Waals surface area contributed by atoms with E-state index in [1.54, 1.807) is 0 Å². The van der Waals surface area contributed by atoms with Gasteiger partial charge in [-0.3, -0.25) is 4.79 Å². The van der Waals surface area contributed by atoms with Crippen molar-refractivity contribution >= 4 is 5.91 Å². The van der Waals surface area contributed by atoms with E-state index in [1.807, 2.05) is 11.8 Å². The molecule has 1 aliphatic heterocycles. The molecule has 2 aliphatic rings. The molecule has 4 nitrogen and oxygen atoms in total. The van der Waals surface area contributed by atoms with E-state index in [0.717, 1.165) is 32.2 Å². The van der Waals surface area contributed by atoms with E-state index >= 15 is 0 Å². The number of hydrogen-bond acceptors (Lipinski definition) is 3. The van der Waals surface area contributed by atoms with Gasteiger partial charge in [0.15, 0.2) is 0 Å². The summed E-state index contributed by atoms with van der Waals surface area (Å²) in [5.74, 6) is 0.439. The van der Waals surface area contributed by atoms with E-state index in [-0.39, 0.29) is 24.1 Å². The van der Waals surface area contributed by atoms with Crippen LogP contribution in [0.25, 0.3) is 0 Å². The molecule has 1 saturated carbocycles. The Labute approximate surface area is 103 Å². The minimum atomic E-state index is 0.145. The number of nitrogens with two attached hydrogens (primary N) is 1. The van der Waals surface area contributed by atoms with Gasteiger partial charge in [0, 0.05) is 18.5 Å². The Morgan fingerprint density at radius 3 is 2.82 bits per heavy atom. The predicted octanol–water partition coefficient (Wildman–Crippen LogP) is 1.14. The molecule has 1 saturated heterocycles. The van der Waals surface area contributed by atoms with Crippen LogP contribution in [0.1, 0.15) is 39.5 Å². The lowest BCUT2D eigenvalue weighted by Gasteiger charge is -2.40. The van der Waals surface area contributed by atoms with Crippen LogP contribution in [-0.4, -0.2) is 42.1 Å². The lowest BCUT2D eigenvalue weighted by molar-refractivity contribution is -0.148. The van der Waals surface area contributed by atoms with Crippen LogP contribution in [-0.2, 0) is 9.53 Å². The van der Waals surface area contributed by atoms with Gasteiger partial charge in [-0.05, 0) is 33.1 Å². The number of nitrogens with zero attached hydrogens (tertiary/aromatic N) is 1. The van der Waals surface area contributed by atoms with Gasteiger partial charge in [-0.1, -0.05) is 6.42 Å². The highest BCUT2D eigenvalue weighted by Gasteiger charge is 2.33. The largest absolute Gasteiger partial charge is 0.375 e. The third-order valence-electron chi connectivity index (χ3n) is 3.95. The van der Waals surface area contributed by atoms with Gasteiger partial charge in [-0.2, -0.15) is 0 Å². The Morgan fingerprint density at radius 1 is 1.35 bits per heavy atom. The molecule has 98 valence electrons. The molecule has 0 aromatic rings. The van der Waals surface area contributed by atoms with Crippen molar-refractivity contribution in [2.24, 2.45) is 11.7 Å². The Kier molecular flexibility index (Phi) is 4.05. The van der Waals surface area contributed by atoms with Gasteiger partial charge in [0.2, 0.25) is 5.91 Å². The van der Waals surface area contributed by atoms with Crippen molar-refractivity contribution in [3.05, 3.63) is 0 Å². The molecule has 1 heterocycles. The van der Waals surface area contributed by atoms with E-state index in [4.69, 9.17) is 10.5 Å². The molecule has 0 spiro atoms. The number of carbonyl (C=O) groups is 1. The number of ether oxygens (including phenoxy) is 1. The van der Waals surface area contributed by atoms with Crippen molar-refractivity contribution < 1.29 is 9.53 Å². The predicted molar refractivity (Wildman–Crippen MR) is 66.5 cm³/mol. The van der Waals surface area contributed by atoms with Crippen LogP contribution >= 0.6 is 0 Å². The fraction of sp³-hybridized carbons (Fsp3) is 0.923. The van der Waals surface area contributed by atoms with E-state index < -0.39 is 0 Å². The first-order valence-electron chi connectivity index (χ1n) is 6.75. The molecule has 0 radical (unpaired) electrons. The quantitative estimate of drug-likeness (QED) is 0.748. The zero-order chi connectivity index (χ0) is 12.4. The van der Waals surface area contributed by atoms with Crippen molar-refractivity contribution in [3.63, 3.8) is 0 Å². The molecule has 0 unspecified atom stereocenters. The van der Waals surface area contributed by atoms with E-state index in [0.29, 0.717) is 12.5 Å². The molecule has 4 atom stereocenters. The zero-order valence-electron chi connectivity index (χ0n) is 10.9. The smallest absolute Gasteiger partial charge is 0.226 e. The molecule has 4 heteroatoms. The third kappa shape index (κ3) is 2.99. The molecule has 2 N–H and O–H groups in total. The molecular formula is C13H24N2O2. The summed E-state index contributed by atoms with van der Waals surface area (Å²) in [5, 5.41) is 0. The van der Waals surface area contributed by atoms with Crippen molar-refractivity contribution in [1.29, 1.82) is 0 Å². The molecule has 2 rings (SSSR count). The maximum absolute atomic E-state index is 12.5. The SMILES string of the molecule is C[C@@H]1CN(C(=O)[C@@H]2CCC[C@@H](N)C2)[C@@H](C)CO1. The minimum Gasteiger partial charge on any atom is -0.375 e. The minimum absolute atomic E-state index is 0.145. The highest BCUT2D eigenvalue weighted by molar-refractivity contribution is 5.79. The van der Waals surface area contributed by atoms with E-state index in [9.17, 15) is 4.79 Å². The summed E-state index contributed by atoms with van der Waals surface area (Å²) in [6.45, 7) is 5.47. The van der Waals surface area contributed by atoms with Crippen molar-refractivity contribution in [2.45, 2.75) is 57.7 Å². The molecule has 0 aromatic carbocycles.